The number of hydrogen-bond acceptors (Lipinski definition) is 3. The first-order chi connectivity index (χ1) is 10.1. The van der Waals surface area contributed by atoms with Crippen LogP contribution in [0.15, 0.2) is 41.9 Å². The van der Waals surface area contributed by atoms with Crippen molar-refractivity contribution in [1.82, 2.24) is 9.38 Å². The summed E-state index contributed by atoms with van der Waals surface area (Å²) >= 11 is 7.45. The first-order valence-electron chi connectivity index (χ1n) is 6.00. The van der Waals surface area contributed by atoms with E-state index in [0.717, 1.165) is 4.96 Å². The summed E-state index contributed by atoms with van der Waals surface area (Å²) in [6, 6.07) is 5.97. The van der Waals surface area contributed by atoms with Crippen LogP contribution in [0.4, 0.5) is 10.1 Å². The van der Waals surface area contributed by atoms with Gasteiger partial charge in [-0.05, 0) is 18.2 Å². The van der Waals surface area contributed by atoms with Gasteiger partial charge in [-0.3, -0.25) is 9.20 Å². The van der Waals surface area contributed by atoms with Gasteiger partial charge in [-0.25, -0.2) is 9.37 Å². The largest absolute Gasteiger partial charge is 0.320 e. The van der Waals surface area contributed by atoms with E-state index in [4.69, 9.17) is 11.6 Å². The van der Waals surface area contributed by atoms with E-state index < -0.39 is 11.7 Å². The average molecular weight is 322 g/mol. The SMILES string of the molecule is O=C(/C=C/c1c(Cl)nc2sccn12)Nc1ccccc1F. The lowest BCUT2D eigenvalue weighted by Crippen LogP contribution is -2.09. The van der Waals surface area contributed by atoms with Crippen molar-refractivity contribution in [2.24, 2.45) is 0 Å². The summed E-state index contributed by atoms with van der Waals surface area (Å²) in [5.41, 5.74) is 0.740. The molecule has 0 unspecified atom stereocenters. The number of aromatic nitrogens is 2. The van der Waals surface area contributed by atoms with Crippen LogP contribution < -0.4 is 5.32 Å². The molecular weight excluding hydrogens is 313 g/mol. The predicted octanol–water partition coefficient (Wildman–Crippen LogP) is 3.84. The number of thiazole rings is 1. The minimum atomic E-state index is -0.484. The molecule has 3 rings (SSSR count). The van der Waals surface area contributed by atoms with E-state index in [1.807, 2.05) is 11.6 Å². The van der Waals surface area contributed by atoms with Crippen molar-refractivity contribution in [2.45, 2.75) is 0 Å². The number of nitrogens with one attached hydrogen (secondary N) is 1. The third-order valence-corrected chi connectivity index (χ3v) is 3.81. The van der Waals surface area contributed by atoms with E-state index in [1.54, 1.807) is 22.6 Å². The molecule has 0 fully saturated rings. The van der Waals surface area contributed by atoms with E-state index >= 15 is 0 Å². The Kier molecular flexibility index (Phi) is 3.72. The van der Waals surface area contributed by atoms with Crippen LogP contribution >= 0.6 is 22.9 Å². The molecule has 1 N–H and O–H groups in total. The number of rotatable bonds is 3. The molecule has 2 aromatic heterocycles. The van der Waals surface area contributed by atoms with Crippen LogP contribution in [0.3, 0.4) is 0 Å². The maximum atomic E-state index is 13.4. The Morgan fingerprint density at radius 3 is 3.05 bits per heavy atom. The standard InChI is InChI=1S/C14H9ClFN3OS/c15-13-11(19-7-8-21-14(19)18-13)5-6-12(20)17-10-4-2-1-3-9(10)16/h1-8H,(H,17,20)/b6-5+. The Labute approximate surface area is 128 Å². The molecule has 0 radical (unpaired) electrons. The smallest absolute Gasteiger partial charge is 0.248 e. The van der Waals surface area contributed by atoms with Crippen LogP contribution in [0.25, 0.3) is 11.0 Å². The lowest BCUT2D eigenvalue weighted by molar-refractivity contribution is -0.111. The van der Waals surface area contributed by atoms with Crippen LogP contribution in [-0.4, -0.2) is 15.3 Å². The van der Waals surface area contributed by atoms with Gasteiger partial charge in [0.1, 0.15) is 5.82 Å². The highest BCUT2D eigenvalue weighted by Gasteiger charge is 2.09. The van der Waals surface area contributed by atoms with Gasteiger partial charge in [-0.2, -0.15) is 0 Å². The number of carbonyl (C=O) groups is 1. The third-order valence-electron chi connectivity index (χ3n) is 2.78. The van der Waals surface area contributed by atoms with Gasteiger partial charge in [0.2, 0.25) is 5.91 Å². The number of halogens is 2. The van der Waals surface area contributed by atoms with Gasteiger partial charge in [0.25, 0.3) is 0 Å². The molecule has 3 aromatic rings. The Balaban J connectivity index is 1.80. The number of para-hydroxylation sites is 1. The van der Waals surface area contributed by atoms with Crippen LogP contribution in [0.2, 0.25) is 5.15 Å². The number of imidazole rings is 1. The van der Waals surface area contributed by atoms with Crippen LogP contribution in [0.5, 0.6) is 0 Å². The van der Waals surface area contributed by atoms with Crippen LogP contribution in [0.1, 0.15) is 5.69 Å². The van der Waals surface area contributed by atoms with Crippen molar-refractivity contribution in [1.29, 1.82) is 0 Å². The molecule has 0 aliphatic rings. The number of benzene rings is 1. The van der Waals surface area contributed by atoms with E-state index in [1.165, 1.54) is 29.5 Å². The van der Waals surface area contributed by atoms with Crippen molar-refractivity contribution in [3.8, 4) is 0 Å². The van der Waals surface area contributed by atoms with Gasteiger partial charge in [0.05, 0.1) is 11.4 Å². The third kappa shape index (κ3) is 2.81. The minimum absolute atomic E-state index is 0.132. The van der Waals surface area contributed by atoms with E-state index in [-0.39, 0.29) is 5.69 Å². The Hall–Kier alpha value is -2.18. The second-order valence-corrected chi connectivity index (χ2v) is 5.38. The highest BCUT2D eigenvalue weighted by atomic mass is 35.5. The zero-order chi connectivity index (χ0) is 14.8. The molecule has 0 saturated heterocycles. The summed E-state index contributed by atoms with van der Waals surface area (Å²) in [4.78, 5) is 16.7. The zero-order valence-corrected chi connectivity index (χ0v) is 12.2. The molecule has 21 heavy (non-hydrogen) atoms. The number of amides is 1. The number of fused-ring (bicyclic) bond motifs is 1. The lowest BCUT2D eigenvalue weighted by atomic mass is 10.3. The van der Waals surface area contributed by atoms with Crippen molar-refractivity contribution >= 4 is 45.6 Å². The summed E-state index contributed by atoms with van der Waals surface area (Å²) in [5.74, 6) is -0.928. The maximum absolute atomic E-state index is 13.4. The number of nitrogens with zero attached hydrogens (tertiary/aromatic N) is 2. The van der Waals surface area contributed by atoms with Gasteiger partial charge in [-0.15, -0.1) is 11.3 Å². The summed E-state index contributed by atoms with van der Waals surface area (Å²) < 4.78 is 15.2. The molecule has 2 heterocycles. The fraction of sp³-hybridized carbons (Fsp3) is 0. The predicted molar refractivity (Wildman–Crippen MR) is 82.1 cm³/mol. The fourth-order valence-corrected chi connectivity index (χ4v) is 2.82. The molecule has 1 amide bonds. The van der Waals surface area contributed by atoms with Crippen LogP contribution in [-0.2, 0) is 4.79 Å². The molecule has 0 spiro atoms. The second kappa shape index (κ2) is 5.67. The highest BCUT2D eigenvalue weighted by molar-refractivity contribution is 7.15. The number of anilines is 1. The van der Waals surface area contributed by atoms with Crippen LogP contribution in [0, 0.1) is 5.82 Å². The molecule has 1 aromatic carbocycles. The Morgan fingerprint density at radius 1 is 1.43 bits per heavy atom. The maximum Gasteiger partial charge on any atom is 0.248 e. The summed E-state index contributed by atoms with van der Waals surface area (Å²) in [5, 5.41) is 4.65. The lowest BCUT2D eigenvalue weighted by Gasteiger charge is -2.02. The number of carbonyl (C=O) groups excluding carboxylic acids is 1. The monoisotopic (exact) mass is 321 g/mol. The topological polar surface area (TPSA) is 46.4 Å². The van der Waals surface area contributed by atoms with E-state index in [9.17, 15) is 9.18 Å². The molecule has 106 valence electrons. The summed E-state index contributed by atoms with van der Waals surface area (Å²) in [7, 11) is 0. The van der Waals surface area contributed by atoms with Gasteiger partial charge >= 0.3 is 0 Å². The normalized spacial score (nSPS) is 11.3. The van der Waals surface area contributed by atoms with E-state index in [2.05, 4.69) is 10.3 Å². The van der Waals surface area contributed by atoms with E-state index in [0.29, 0.717) is 10.8 Å². The summed E-state index contributed by atoms with van der Waals surface area (Å²) in [6.45, 7) is 0. The molecule has 4 nitrogen and oxygen atoms in total. The molecule has 0 saturated carbocycles. The second-order valence-electron chi connectivity index (χ2n) is 4.15. The zero-order valence-electron chi connectivity index (χ0n) is 10.6. The van der Waals surface area contributed by atoms with Crippen molar-refractivity contribution in [3.05, 3.63) is 58.6 Å². The molecule has 0 bridgehead atoms. The van der Waals surface area contributed by atoms with Gasteiger partial charge in [-0.1, -0.05) is 23.7 Å². The average Bonchev–Trinajstić information content (AvgIpc) is 3.00. The van der Waals surface area contributed by atoms with Crippen molar-refractivity contribution in [3.63, 3.8) is 0 Å². The molecule has 0 atom stereocenters. The minimum Gasteiger partial charge on any atom is -0.320 e. The Morgan fingerprint density at radius 2 is 2.24 bits per heavy atom. The van der Waals surface area contributed by atoms with Crippen molar-refractivity contribution in [2.75, 3.05) is 5.32 Å². The van der Waals surface area contributed by atoms with Gasteiger partial charge in [0.15, 0.2) is 10.1 Å². The number of hydrogen-bond donors (Lipinski definition) is 1. The van der Waals surface area contributed by atoms with Gasteiger partial charge < -0.3 is 5.32 Å². The molecule has 7 heteroatoms. The summed E-state index contributed by atoms with van der Waals surface area (Å²) in [6.07, 6.45) is 4.65. The highest BCUT2D eigenvalue weighted by Crippen LogP contribution is 2.22. The first-order valence-corrected chi connectivity index (χ1v) is 7.25. The van der Waals surface area contributed by atoms with Gasteiger partial charge in [0, 0.05) is 17.7 Å². The van der Waals surface area contributed by atoms with Crippen molar-refractivity contribution < 1.29 is 9.18 Å². The molecule has 0 aliphatic heterocycles. The molecule has 0 aliphatic carbocycles. The quantitative estimate of drug-likeness (QED) is 0.745. The fourth-order valence-electron chi connectivity index (χ4n) is 1.82. The Bertz CT molecular complexity index is 840. The first kappa shape index (κ1) is 13.8. The molecular formula is C14H9ClFN3OS.